The zero-order chi connectivity index (χ0) is 15.7. The van der Waals surface area contributed by atoms with Gasteiger partial charge in [-0.1, -0.05) is 12.1 Å². The lowest BCUT2D eigenvalue weighted by molar-refractivity contribution is -0.137. The van der Waals surface area contributed by atoms with E-state index in [9.17, 15) is 14.4 Å². The Morgan fingerprint density at radius 3 is 2.24 bits per heavy atom. The molecule has 0 aromatic heterocycles. The summed E-state index contributed by atoms with van der Waals surface area (Å²) in [6.45, 7) is 0. The number of carbonyl (C=O) groups is 3. The predicted octanol–water partition coefficient (Wildman–Crippen LogP) is 0.640. The third kappa shape index (κ3) is 6.95. The van der Waals surface area contributed by atoms with Gasteiger partial charge in [0.1, 0.15) is 5.75 Å². The molecule has 0 aliphatic carbocycles. The molecule has 0 saturated heterocycles. The lowest BCUT2D eigenvalue weighted by Crippen LogP contribution is -2.42. The fourth-order valence-corrected chi connectivity index (χ4v) is 1.58. The molecule has 1 rings (SSSR count). The van der Waals surface area contributed by atoms with Crippen LogP contribution in [0.1, 0.15) is 24.8 Å². The van der Waals surface area contributed by atoms with Crippen LogP contribution >= 0.6 is 0 Å². The lowest BCUT2D eigenvalue weighted by atomic mass is 10.1. The van der Waals surface area contributed by atoms with Gasteiger partial charge in [-0.15, -0.1) is 0 Å². The van der Waals surface area contributed by atoms with Crippen LogP contribution in [0.15, 0.2) is 24.3 Å². The molecule has 1 aromatic rings. The normalized spacial score (nSPS) is 9.76. The number of nitrogens with one attached hydrogen (secondary N) is 2. The molecule has 7 heteroatoms. The van der Waals surface area contributed by atoms with Gasteiger partial charge in [0.05, 0.1) is 13.5 Å². The smallest absolute Gasteiger partial charge is 0.303 e. The monoisotopic (exact) mass is 294 g/mol. The minimum atomic E-state index is -0.952. The average Bonchev–Trinajstić information content (AvgIpc) is 2.45. The number of benzene rings is 1. The summed E-state index contributed by atoms with van der Waals surface area (Å²) in [5.41, 5.74) is 5.31. The Labute approximate surface area is 122 Å². The molecule has 0 unspecified atom stereocenters. The summed E-state index contributed by atoms with van der Waals surface area (Å²) < 4.78 is 5.01. The summed E-state index contributed by atoms with van der Waals surface area (Å²) in [5.74, 6) is -1.02. The Bertz CT molecular complexity index is 499. The number of carboxylic acid groups (broad SMARTS) is 1. The minimum Gasteiger partial charge on any atom is -0.497 e. The first-order chi connectivity index (χ1) is 10.0. The Morgan fingerprint density at radius 2 is 1.67 bits per heavy atom. The maximum Gasteiger partial charge on any atom is 0.303 e. The maximum absolute atomic E-state index is 11.6. The molecular formula is C14H18N2O5. The molecule has 0 radical (unpaired) electrons. The van der Waals surface area contributed by atoms with Crippen molar-refractivity contribution in [1.82, 2.24) is 10.9 Å². The SMILES string of the molecule is COc1ccc(CC(=O)NNC(=O)CCCC(=O)O)cc1. The van der Waals surface area contributed by atoms with Crippen LogP contribution in [-0.2, 0) is 20.8 Å². The van der Waals surface area contributed by atoms with Crippen molar-refractivity contribution < 1.29 is 24.2 Å². The standard InChI is InChI=1S/C14H18N2O5/c1-21-11-7-5-10(6-8-11)9-13(18)16-15-12(17)3-2-4-14(19)20/h5-8H,2-4,9H2,1H3,(H,15,17)(H,16,18)(H,19,20). The molecule has 0 spiro atoms. The predicted molar refractivity (Wildman–Crippen MR) is 74.5 cm³/mol. The van der Waals surface area contributed by atoms with Crippen LogP contribution < -0.4 is 15.6 Å². The maximum atomic E-state index is 11.6. The van der Waals surface area contributed by atoms with Crippen molar-refractivity contribution in [2.75, 3.05) is 7.11 Å². The number of hydrogen-bond acceptors (Lipinski definition) is 4. The van der Waals surface area contributed by atoms with Crippen molar-refractivity contribution >= 4 is 17.8 Å². The quantitative estimate of drug-likeness (QED) is 0.640. The molecule has 0 atom stereocenters. The fourth-order valence-electron chi connectivity index (χ4n) is 1.58. The number of carbonyl (C=O) groups excluding carboxylic acids is 2. The van der Waals surface area contributed by atoms with E-state index in [0.29, 0.717) is 5.75 Å². The number of rotatable bonds is 7. The number of carboxylic acids is 1. The number of amides is 2. The molecule has 3 N–H and O–H groups in total. The first kappa shape index (κ1) is 16.5. The van der Waals surface area contributed by atoms with E-state index < -0.39 is 11.9 Å². The number of methoxy groups -OCH3 is 1. The van der Waals surface area contributed by atoms with E-state index >= 15 is 0 Å². The number of hydrogen-bond donors (Lipinski definition) is 3. The molecule has 1 aromatic carbocycles. The van der Waals surface area contributed by atoms with E-state index in [1.165, 1.54) is 0 Å². The summed E-state index contributed by atoms with van der Waals surface area (Å²) in [6.07, 6.45) is 0.331. The summed E-state index contributed by atoms with van der Waals surface area (Å²) in [4.78, 5) is 33.2. The average molecular weight is 294 g/mol. The van der Waals surface area contributed by atoms with Gasteiger partial charge in [0.15, 0.2) is 0 Å². The molecule has 7 nitrogen and oxygen atoms in total. The molecule has 0 fully saturated rings. The zero-order valence-electron chi connectivity index (χ0n) is 11.7. The van der Waals surface area contributed by atoms with Crippen LogP contribution in [-0.4, -0.2) is 30.0 Å². The minimum absolute atomic E-state index is 0.0507. The third-order valence-corrected chi connectivity index (χ3v) is 2.66. The molecule has 2 amide bonds. The van der Waals surface area contributed by atoms with E-state index in [1.54, 1.807) is 31.4 Å². The van der Waals surface area contributed by atoms with Crippen LogP contribution in [0.25, 0.3) is 0 Å². The molecule has 114 valence electrons. The Balaban J connectivity index is 2.26. The highest BCUT2D eigenvalue weighted by molar-refractivity contribution is 5.83. The molecule has 0 aliphatic heterocycles. The topological polar surface area (TPSA) is 105 Å². The summed E-state index contributed by atoms with van der Waals surface area (Å²) in [7, 11) is 1.56. The van der Waals surface area contributed by atoms with Crippen molar-refractivity contribution in [1.29, 1.82) is 0 Å². The van der Waals surface area contributed by atoms with Crippen LogP contribution in [0.4, 0.5) is 0 Å². The van der Waals surface area contributed by atoms with E-state index in [-0.39, 0.29) is 31.6 Å². The summed E-state index contributed by atoms with van der Waals surface area (Å²) in [6, 6.07) is 7.00. The fraction of sp³-hybridized carbons (Fsp3) is 0.357. The summed E-state index contributed by atoms with van der Waals surface area (Å²) >= 11 is 0. The van der Waals surface area contributed by atoms with Gasteiger partial charge < -0.3 is 9.84 Å². The van der Waals surface area contributed by atoms with Crippen molar-refractivity contribution in [3.63, 3.8) is 0 Å². The Kier molecular flexibility index (Phi) is 6.73. The second-order valence-corrected chi connectivity index (χ2v) is 4.37. The highest BCUT2D eigenvalue weighted by Gasteiger charge is 2.07. The van der Waals surface area contributed by atoms with E-state index in [2.05, 4.69) is 10.9 Å². The first-order valence-electron chi connectivity index (χ1n) is 6.43. The van der Waals surface area contributed by atoms with Gasteiger partial charge in [-0.3, -0.25) is 25.2 Å². The van der Waals surface area contributed by atoms with Gasteiger partial charge >= 0.3 is 5.97 Å². The molecule has 0 bridgehead atoms. The number of hydrazine groups is 1. The van der Waals surface area contributed by atoms with Gasteiger partial charge in [-0.25, -0.2) is 0 Å². The molecule has 0 aliphatic rings. The number of aliphatic carboxylic acids is 1. The van der Waals surface area contributed by atoms with Gasteiger partial charge in [-0.05, 0) is 24.1 Å². The molecule has 21 heavy (non-hydrogen) atoms. The summed E-state index contributed by atoms with van der Waals surface area (Å²) in [5, 5.41) is 8.44. The van der Waals surface area contributed by atoms with Gasteiger partial charge in [0.25, 0.3) is 0 Å². The Hall–Kier alpha value is -2.57. The molecule has 0 heterocycles. The second-order valence-electron chi connectivity index (χ2n) is 4.37. The van der Waals surface area contributed by atoms with Gasteiger partial charge in [-0.2, -0.15) is 0 Å². The van der Waals surface area contributed by atoms with Gasteiger partial charge in [0.2, 0.25) is 11.8 Å². The second kappa shape index (κ2) is 8.57. The number of ether oxygens (including phenoxy) is 1. The van der Waals surface area contributed by atoms with Gasteiger partial charge in [0, 0.05) is 12.8 Å². The molecule has 0 saturated carbocycles. The third-order valence-electron chi connectivity index (χ3n) is 2.66. The lowest BCUT2D eigenvalue weighted by Gasteiger charge is -2.07. The highest BCUT2D eigenvalue weighted by Crippen LogP contribution is 2.11. The molecular weight excluding hydrogens is 276 g/mol. The first-order valence-corrected chi connectivity index (χ1v) is 6.43. The van der Waals surface area contributed by atoms with Crippen molar-refractivity contribution in [3.8, 4) is 5.75 Å². The van der Waals surface area contributed by atoms with E-state index in [4.69, 9.17) is 9.84 Å². The van der Waals surface area contributed by atoms with Crippen molar-refractivity contribution in [3.05, 3.63) is 29.8 Å². The largest absolute Gasteiger partial charge is 0.497 e. The van der Waals surface area contributed by atoms with Crippen LogP contribution in [0.3, 0.4) is 0 Å². The van der Waals surface area contributed by atoms with E-state index in [1.807, 2.05) is 0 Å². The van der Waals surface area contributed by atoms with Crippen LogP contribution in [0.5, 0.6) is 5.75 Å². The van der Waals surface area contributed by atoms with E-state index in [0.717, 1.165) is 5.56 Å². The highest BCUT2D eigenvalue weighted by atomic mass is 16.5. The van der Waals surface area contributed by atoms with Crippen LogP contribution in [0, 0.1) is 0 Å². The van der Waals surface area contributed by atoms with Crippen molar-refractivity contribution in [2.24, 2.45) is 0 Å². The van der Waals surface area contributed by atoms with Crippen molar-refractivity contribution in [2.45, 2.75) is 25.7 Å². The zero-order valence-corrected chi connectivity index (χ0v) is 11.7. The van der Waals surface area contributed by atoms with Crippen LogP contribution in [0.2, 0.25) is 0 Å². The Morgan fingerprint density at radius 1 is 1.05 bits per heavy atom.